The molecule has 0 unspecified atom stereocenters. The Kier molecular flexibility index (Phi) is 5.12. The minimum absolute atomic E-state index is 0.315. The summed E-state index contributed by atoms with van der Waals surface area (Å²) in [5, 5.41) is 9.97. The molecule has 0 atom stereocenters. The minimum Gasteiger partial charge on any atom is -0.478 e. The van der Waals surface area contributed by atoms with Crippen LogP contribution in [0.4, 0.5) is 0 Å². The van der Waals surface area contributed by atoms with Crippen molar-refractivity contribution in [3.05, 3.63) is 35.5 Å². The molecule has 6 heteroatoms. The molecule has 0 spiro atoms. The second-order valence-corrected chi connectivity index (χ2v) is 6.66. The van der Waals surface area contributed by atoms with Crippen LogP contribution in [0.3, 0.4) is 0 Å². The van der Waals surface area contributed by atoms with E-state index < -0.39 is 5.97 Å². The predicted molar refractivity (Wildman–Crippen MR) is 86.1 cm³/mol. The Morgan fingerprint density at radius 2 is 2.32 bits per heavy atom. The second kappa shape index (κ2) is 6.62. The van der Waals surface area contributed by atoms with Crippen LogP contribution < -0.4 is 0 Å². The molecule has 2 aromatic rings. The zero-order chi connectivity index (χ0) is 13.8. The standard InChI is InChI=1S/C13H14INO3S/c1-9-7-15(8-18-4-5-19-14)12-3-2-10(13(16)17)6-11(9)12/h2-3,6-7H,4-5,8H2,1H3,(H,16,17). The monoisotopic (exact) mass is 391 g/mol. The Morgan fingerprint density at radius 3 is 3.00 bits per heavy atom. The molecule has 0 fully saturated rings. The van der Waals surface area contributed by atoms with Crippen LogP contribution in [0.25, 0.3) is 10.9 Å². The molecule has 0 saturated carbocycles. The number of hydrogen-bond donors (Lipinski definition) is 1. The van der Waals surface area contributed by atoms with E-state index >= 15 is 0 Å². The smallest absolute Gasteiger partial charge is 0.335 e. The highest BCUT2D eigenvalue weighted by atomic mass is 127. The summed E-state index contributed by atoms with van der Waals surface area (Å²) in [6.45, 7) is 3.18. The minimum atomic E-state index is -0.899. The molecule has 0 aliphatic rings. The lowest BCUT2D eigenvalue weighted by atomic mass is 10.1. The fourth-order valence-corrected chi connectivity index (χ4v) is 2.69. The number of aromatic nitrogens is 1. The van der Waals surface area contributed by atoms with Gasteiger partial charge in [-0.1, -0.05) is 8.93 Å². The van der Waals surface area contributed by atoms with Crippen molar-refractivity contribution in [3.8, 4) is 0 Å². The summed E-state index contributed by atoms with van der Waals surface area (Å²) >= 11 is 2.24. The molecular formula is C13H14INO3S. The van der Waals surface area contributed by atoms with Crippen LogP contribution in [0.5, 0.6) is 0 Å². The van der Waals surface area contributed by atoms with Gasteiger partial charge in [-0.05, 0) is 51.9 Å². The first-order valence-electron chi connectivity index (χ1n) is 5.77. The lowest BCUT2D eigenvalue weighted by Gasteiger charge is -2.06. The molecule has 1 N–H and O–H groups in total. The van der Waals surface area contributed by atoms with E-state index in [-0.39, 0.29) is 0 Å². The number of hydrogen-bond acceptors (Lipinski definition) is 3. The van der Waals surface area contributed by atoms with E-state index in [0.29, 0.717) is 18.9 Å². The highest BCUT2D eigenvalue weighted by Gasteiger charge is 2.09. The molecule has 4 nitrogen and oxygen atoms in total. The number of carboxylic acids is 1. The largest absolute Gasteiger partial charge is 0.478 e. The van der Waals surface area contributed by atoms with Gasteiger partial charge in [-0.15, -0.1) is 0 Å². The first-order valence-corrected chi connectivity index (χ1v) is 9.30. The van der Waals surface area contributed by atoms with Crippen LogP contribution in [0.15, 0.2) is 24.4 Å². The third-order valence-corrected chi connectivity index (χ3v) is 4.50. The van der Waals surface area contributed by atoms with E-state index in [4.69, 9.17) is 9.84 Å². The molecule has 0 radical (unpaired) electrons. The van der Waals surface area contributed by atoms with Crippen molar-refractivity contribution < 1.29 is 14.6 Å². The normalized spacial score (nSPS) is 11.1. The average Bonchev–Trinajstić information content (AvgIpc) is 2.71. The van der Waals surface area contributed by atoms with Gasteiger partial charge in [-0.2, -0.15) is 0 Å². The molecular weight excluding hydrogens is 377 g/mol. The Balaban J connectivity index is 2.24. The molecule has 0 aliphatic heterocycles. The summed E-state index contributed by atoms with van der Waals surface area (Å²) in [5.74, 6) is 0.0615. The van der Waals surface area contributed by atoms with E-state index in [0.717, 1.165) is 22.2 Å². The summed E-state index contributed by atoms with van der Waals surface area (Å²) in [6, 6.07) is 5.17. The molecule has 1 aromatic carbocycles. The number of fused-ring (bicyclic) bond motifs is 1. The van der Waals surface area contributed by atoms with Crippen molar-refractivity contribution in [2.75, 3.05) is 12.4 Å². The Labute approximate surface area is 127 Å². The van der Waals surface area contributed by atoms with E-state index in [2.05, 4.69) is 21.2 Å². The number of aryl methyl sites for hydroxylation is 1. The SMILES string of the molecule is Cc1cn(COCCSI)c2ccc(C(=O)O)cc12. The predicted octanol–water partition coefficient (Wildman–Crippen LogP) is 3.71. The van der Waals surface area contributed by atoms with E-state index in [1.54, 1.807) is 21.1 Å². The summed E-state index contributed by atoms with van der Waals surface area (Å²) in [4.78, 5) is 11.0. The number of halogens is 1. The number of ether oxygens (including phenoxy) is 1. The van der Waals surface area contributed by atoms with Crippen molar-refractivity contribution >= 4 is 47.0 Å². The number of carbonyl (C=O) groups is 1. The second-order valence-electron chi connectivity index (χ2n) is 4.17. The van der Waals surface area contributed by atoms with Gasteiger partial charge in [0.05, 0.1) is 17.7 Å². The number of rotatable bonds is 6. The molecule has 0 aliphatic carbocycles. The van der Waals surface area contributed by atoms with Gasteiger partial charge in [0, 0.05) is 17.3 Å². The van der Waals surface area contributed by atoms with Crippen LogP contribution in [0, 0.1) is 6.92 Å². The molecule has 0 amide bonds. The summed E-state index contributed by atoms with van der Waals surface area (Å²) in [7, 11) is 1.72. The zero-order valence-corrected chi connectivity index (χ0v) is 13.4. The van der Waals surface area contributed by atoms with Crippen molar-refractivity contribution in [1.29, 1.82) is 0 Å². The summed E-state index contributed by atoms with van der Waals surface area (Å²) < 4.78 is 7.59. The van der Waals surface area contributed by atoms with Gasteiger partial charge in [0.25, 0.3) is 0 Å². The molecule has 1 heterocycles. The third-order valence-electron chi connectivity index (χ3n) is 2.86. The number of aromatic carboxylic acids is 1. The molecule has 0 bridgehead atoms. The Morgan fingerprint density at radius 1 is 1.53 bits per heavy atom. The highest BCUT2D eigenvalue weighted by molar-refractivity contribution is 14.2. The van der Waals surface area contributed by atoms with Crippen molar-refractivity contribution in [2.45, 2.75) is 13.7 Å². The van der Waals surface area contributed by atoms with Crippen LogP contribution >= 0.6 is 30.1 Å². The van der Waals surface area contributed by atoms with E-state index in [1.165, 1.54) is 0 Å². The van der Waals surface area contributed by atoms with E-state index in [1.807, 2.05) is 23.8 Å². The lowest BCUT2D eigenvalue weighted by Crippen LogP contribution is -2.03. The molecule has 102 valence electrons. The van der Waals surface area contributed by atoms with Crippen LogP contribution in [-0.4, -0.2) is 28.0 Å². The zero-order valence-electron chi connectivity index (χ0n) is 10.4. The summed E-state index contributed by atoms with van der Waals surface area (Å²) in [6.07, 6.45) is 1.99. The number of carboxylic acid groups (broad SMARTS) is 1. The van der Waals surface area contributed by atoms with Gasteiger partial charge in [0.2, 0.25) is 0 Å². The van der Waals surface area contributed by atoms with Gasteiger partial charge < -0.3 is 14.4 Å². The number of benzene rings is 1. The number of nitrogens with zero attached hydrogens (tertiary/aromatic N) is 1. The van der Waals surface area contributed by atoms with Gasteiger partial charge in [0.15, 0.2) is 0 Å². The average molecular weight is 391 g/mol. The highest BCUT2D eigenvalue weighted by Crippen LogP contribution is 2.22. The molecule has 1 aromatic heterocycles. The first-order chi connectivity index (χ1) is 9.13. The fraction of sp³-hybridized carbons (Fsp3) is 0.308. The van der Waals surface area contributed by atoms with Gasteiger partial charge in [-0.3, -0.25) is 0 Å². The quantitative estimate of drug-likeness (QED) is 0.603. The lowest BCUT2D eigenvalue weighted by molar-refractivity contribution is 0.0697. The first kappa shape index (κ1) is 14.7. The van der Waals surface area contributed by atoms with E-state index in [9.17, 15) is 4.79 Å². The third kappa shape index (κ3) is 3.43. The van der Waals surface area contributed by atoms with Crippen LogP contribution in [0.2, 0.25) is 0 Å². The van der Waals surface area contributed by atoms with Gasteiger partial charge in [0.1, 0.15) is 6.73 Å². The summed E-state index contributed by atoms with van der Waals surface area (Å²) in [5.41, 5.74) is 2.38. The van der Waals surface area contributed by atoms with Crippen LogP contribution in [0.1, 0.15) is 15.9 Å². The molecule has 0 saturated heterocycles. The molecule has 19 heavy (non-hydrogen) atoms. The van der Waals surface area contributed by atoms with Gasteiger partial charge >= 0.3 is 5.97 Å². The molecule has 2 rings (SSSR count). The maximum Gasteiger partial charge on any atom is 0.335 e. The van der Waals surface area contributed by atoms with Crippen LogP contribution in [-0.2, 0) is 11.5 Å². The maximum absolute atomic E-state index is 11.0. The van der Waals surface area contributed by atoms with Crippen molar-refractivity contribution in [3.63, 3.8) is 0 Å². The Bertz CT molecular complexity index is 597. The fourth-order valence-electron chi connectivity index (χ4n) is 1.97. The van der Waals surface area contributed by atoms with Crippen molar-refractivity contribution in [2.24, 2.45) is 0 Å². The van der Waals surface area contributed by atoms with Gasteiger partial charge in [-0.25, -0.2) is 4.79 Å². The maximum atomic E-state index is 11.0. The Hall–Kier alpha value is -0.730. The van der Waals surface area contributed by atoms with Crippen molar-refractivity contribution in [1.82, 2.24) is 4.57 Å². The topological polar surface area (TPSA) is 51.5 Å².